The molecule has 2 rings (SSSR count). The third-order valence-corrected chi connectivity index (χ3v) is 2.94. The largest absolute Gasteiger partial charge is 0.255 e. The minimum Gasteiger partial charge on any atom is -0.255 e. The van der Waals surface area contributed by atoms with Crippen molar-refractivity contribution in [1.29, 1.82) is 0 Å². The number of aryl methyl sites for hydroxylation is 2. The standard InChI is InChI=1S/C12H14ClN3/c1-16-9-11(14-15-16)7-8-12(13)10-5-3-2-4-6-10/h2-6,9,12H,7-8H2,1H3. The topological polar surface area (TPSA) is 30.7 Å². The van der Waals surface area contributed by atoms with Gasteiger partial charge in [-0.2, -0.15) is 0 Å². The van der Waals surface area contributed by atoms with Gasteiger partial charge >= 0.3 is 0 Å². The van der Waals surface area contributed by atoms with Crippen LogP contribution in [-0.4, -0.2) is 15.0 Å². The summed E-state index contributed by atoms with van der Waals surface area (Å²) in [5.74, 6) is 0. The first-order valence-corrected chi connectivity index (χ1v) is 5.73. The zero-order chi connectivity index (χ0) is 11.4. The van der Waals surface area contributed by atoms with Crippen molar-refractivity contribution in [3.63, 3.8) is 0 Å². The van der Waals surface area contributed by atoms with Crippen LogP contribution in [0.25, 0.3) is 0 Å². The maximum atomic E-state index is 6.31. The fourth-order valence-corrected chi connectivity index (χ4v) is 1.87. The molecule has 1 aromatic heterocycles. The average Bonchev–Trinajstić information content (AvgIpc) is 2.73. The van der Waals surface area contributed by atoms with Gasteiger partial charge in [0.1, 0.15) is 0 Å². The maximum absolute atomic E-state index is 6.31. The zero-order valence-electron chi connectivity index (χ0n) is 9.18. The van der Waals surface area contributed by atoms with Gasteiger partial charge in [0.2, 0.25) is 0 Å². The Morgan fingerprint density at radius 3 is 2.69 bits per heavy atom. The lowest BCUT2D eigenvalue weighted by atomic mass is 10.1. The van der Waals surface area contributed by atoms with E-state index in [1.807, 2.05) is 43.6 Å². The van der Waals surface area contributed by atoms with Gasteiger partial charge in [0, 0.05) is 13.2 Å². The van der Waals surface area contributed by atoms with Crippen LogP contribution in [0.2, 0.25) is 0 Å². The Bertz CT molecular complexity index is 439. The van der Waals surface area contributed by atoms with E-state index in [9.17, 15) is 0 Å². The van der Waals surface area contributed by atoms with Crippen molar-refractivity contribution in [2.24, 2.45) is 7.05 Å². The molecule has 2 aromatic rings. The lowest BCUT2D eigenvalue weighted by Gasteiger charge is -2.07. The first-order valence-electron chi connectivity index (χ1n) is 5.30. The van der Waals surface area contributed by atoms with Crippen molar-refractivity contribution in [1.82, 2.24) is 15.0 Å². The van der Waals surface area contributed by atoms with Gasteiger partial charge in [-0.3, -0.25) is 4.68 Å². The van der Waals surface area contributed by atoms with Gasteiger partial charge < -0.3 is 0 Å². The van der Waals surface area contributed by atoms with E-state index in [2.05, 4.69) is 10.3 Å². The normalized spacial score (nSPS) is 12.6. The number of benzene rings is 1. The Kier molecular flexibility index (Phi) is 3.57. The molecule has 0 aliphatic carbocycles. The maximum Gasteiger partial charge on any atom is 0.0827 e. The molecule has 1 unspecified atom stereocenters. The summed E-state index contributed by atoms with van der Waals surface area (Å²) in [5.41, 5.74) is 2.15. The molecule has 0 amide bonds. The smallest absolute Gasteiger partial charge is 0.0827 e. The molecule has 84 valence electrons. The Hall–Kier alpha value is -1.35. The molecule has 0 spiro atoms. The molecule has 0 radical (unpaired) electrons. The SMILES string of the molecule is Cn1cc(CCC(Cl)c2ccccc2)nn1. The second-order valence-electron chi connectivity index (χ2n) is 3.80. The Labute approximate surface area is 100 Å². The van der Waals surface area contributed by atoms with E-state index in [0.29, 0.717) is 0 Å². The molecule has 1 aromatic carbocycles. The summed E-state index contributed by atoms with van der Waals surface area (Å²) in [6.45, 7) is 0. The summed E-state index contributed by atoms with van der Waals surface area (Å²) >= 11 is 6.31. The van der Waals surface area contributed by atoms with Crippen LogP contribution >= 0.6 is 11.6 Å². The Morgan fingerprint density at radius 1 is 1.31 bits per heavy atom. The summed E-state index contributed by atoms with van der Waals surface area (Å²) in [5, 5.41) is 7.97. The molecule has 0 saturated heterocycles. The van der Waals surface area contributed by atoms with Crippen molar-refractivity contribution >= 4 is 11.6 Å². The number of rotatable bonds is 4. The Morgan fingerprint density at radius 2 is 2.06 bits per heavy atom. The number of aromatic nitrogens is 3. The second-order valence-corrected chi connectivity index (χ2v) is 4.33. The molecule has 0 bridgehead atoms. The number of hydrogen-bond acceptors (Lipinski definition) is 2. The Balaban J connectivity index is 1.91. The molecule has 0 aliphatic rings. The first-order chi connectivity index (χ1) is 7.75. The van der Waals surface area contributed by atoms with Crippen LogP contribution in [0.3, 0.4) is 0 Å². The lowest BCUT2D eigenvalue weighted by Crippen LogP contribution is -1.94. The van der Waals surface area contributed by atoms with E-state index >= 15 is 0 Å². The summed E-state index contributed by atoms with van der Waals surface area (Å²) in [4.78, 5) is 0. The van der Waals surface area contributed by atoms with E-state index in [4.69, 9.17) is 11.6 Å². The van der Waals surface area contributed by atoms with Gasteiger partial charge in [-0.05, 0) is 18.4 Å². The van der Waals surface area contributed by atoms with Crippen LogP contribution in [0.15, 0.2) is 36.5 Å². The highest BCUT2D eigenvalue weighted by atomic mass is 35.5. The van der Waals surface area contributed by atoms with E-state index in [-0.39, 0.29) is 5.38 Å². The van der Waals surface area contributed by atoms with Gasteiger partial charge in [0.15, 0.2) is 0 Å². The van der Waals surface area contributed by atoms with Crippen molar-refractivity contribution in [2.45, 2.75) is 18.2 Å². The van der Waals surface area contributed by atoms with E-state index < -0.39 is 0 Å². The highest BCUT2D eigenvalue weighted by Gasteiger charge is 2.08. The molecule has 0 aliphatic heterocycles. The molecule has 1 heterocycles. The average molecular weight is 236 g/mol. The van der Waals surface area contributed by atoms with Crippen molar-refractivity contribution in [3.05, 3.63) is 47.8 Å². The third kappa shape index (κ3) is 2.83. The van der Waals surface area contributed by atoms with Crippen LogP contribution < -0.4 is 0 Å². The molecule has 0 fully saturated rings. The summed E-state index contributed by atoms with van der Waals surface area (Å²) in [6.07, 6.45) is 3.66. The van der Waals surface area contributed by atoms with Crippen molar-refractivity contribution in [2.75, 3.05) is 0 Å². The monoisotopic (exact) mass is 235 g/mol. The van der Waals surface area contributed by atoms with E-state index in [1.54, 1.807) is 4.68 Å². The molecular weight excluding hydrogens is 222 g/mol. The van der Waals surface area contributed by atoms with Gasteiger partial charge in [0.25, 0.3) is 0 Å². The molecule has 4 heteroatoms. The summed E-state index contributed by atoms with van der Waals surface area (Å²) in [7, 11) is 1.87. The highest BCUT2D eigenvalue weighted by Crippen LogP contribution is 2.24. The molecule has 1 atom stereocenters. The molecule has 0 saturated carbocycles. The quantitative estimate of drug-likeness (QED) is 0.763. The molecular formula is C12H14ClN3. The van der Waals surface area contributed by atoms with Crippen molar-refractivity contribution < 1.29 is 0 Å². The van der Waals surface area contributed by atoms with Gasteiger partial charge in [-0.1, -0.05) is 35.5 Å². The highest BCUT2D eigenvalue weighted by molar-refractivity contribution is 6.20. The number of hydrogen-bond donors (Lipinski definition) is 0. The first kappa shape index (κ1) is 11.1. The zero-order valence-corrected chi connectivity index (χ0v) is 9.93. The lowest BCUT2D eigenvalue weighted by molar-refractivity contribution is 0.710. The number of alkyl halides is 1. The number of halogens is 1. The number of nitrogens with zero attached hydrogens (tertiary/aromatic N) is 3. The summed E-state index contributed by atoms with van der Waals surface area (Å²) in [6, 6.07) is 10.1. The van der Waals surface area contributed by atoms with E-state index in [1.165, 1.54) is 0 Å². The van der Waals surface area contributed by atoms with Crippen LogP contribution in [0.1, 0.15) is 23.1 Å². The van der Waals surface area contributed by atoms with Crippen LogP contribution in [0, 0.1) is 0 Å². The minimum atomic E-state index is 0.0446. The minimum absolute atomic E-state index is 0.0446. The predicted octanol–water partition coefficient (Wildman–Crippen LogP) is 2.73. The molecule has 3 nitrogen and oxygen atoms in total. The fraction of sp³-hybridized carbons (Fsp3) is 0.333. The van der Waals surface area contributed by atoms with Crippen LogP contribution in [-0.2, 0) is 13.5 Å². The summed E-state index contributed by atoms with van der Waals surface area (Å²) < 4.78 is 1.71. The van der Waals surface area contributed by atoms with Gasteiger partial charge in [-0.15, -0.1) is 16.7 Å². The molecule has 16 heavy (non-hydrogen) atoms. The van der Waals surface area contributed by atoms with Crippen LogP contribution in [0.4, 0.5) is 0 Å². The second kappa shape index (κ2) is 5.12. The third-order valence-electron chi connectivity index (χ3n) is 2.47. The van der Waals surface area contributed by atoms with Crippen LogP contribution in [0.5, 0.6) is 0 Å². The van der Waals surface area contributed by atoms with E-state index in [0.717, 1.165) is 24.1 Å². The fourth-order valence-electron chi connectivity index (χ4n) is 1.61. The van der Waals surface area contributed by atoms with Gasteiger partial charge in [0.05, 0.1) is 11.1 Å². The predicted molar refractivity (Wildman–Crippen MR) is 64.4 cm³/mol. The van der Waals surface area contributed by atoms with Gasteiger partial charge in [-0.25, -0.2) is 0 Å². The van der Waals surface area contributed by atoms with Crippen molar-refractivity contribution in [3.8, 4) is 0 Å². The molecule has 0 N–H and O–H groups in total.